The fourth-order valence-electron chi connectivity index (χ4n) is 3.95. The molecule has 0 bridgehead atoms. The normalized spacial score (nSPS) is 30.0. The molecule has 2 aliphatic rings. The Labute approximate surface area is 161 Å². The van der Waals surface area contributed by atoms with Gasteiger partial charge in [0.05, 0.1) is 12.7 Å². The molecule has 2 aliphatic carbocycles. The van der Waals surface area contributed by atoms with Crippen LogP contribution in [0.3, 0.4) is 0 Å². The van der Waals surface area contributed by atoms with Crippen LogP contribution < -0.4 is 0 Å². The average molecular weight is 374 g/mol. The molecule has 0 amide bonds. The van der Waals surface area contributed by atoms with Crippen molar-refractivity contribution in [1.82, 2.24) is 0 Å². The molecule has 6 atom stereocenters. The summed E-state index contributed by atoms with van der Waals surface area (Å²) < 4.78 is 5.08. The van der Waals surface area contributed by atoms with Crippen molar-refractivity contribution in [2.45, 2.75) is 58.2 Å². The molecule has 0 aromatic rings. The first-order valence-corrected chi connectivity index (χ1v) is 9.72. The largest absolute Gasteiger partial charge is 0.480 e. The highest BCUT2D eigenvalue weighted by Gasteiger charge is 2.45. The minimum Gasteiger partial charge on any atom is -0.480 e. The van der Waals surface area contributed by atoms with E-state index >= 15 is 0 Å². The highest BCUT2D eigenvalue weighted by Crippen LogP contribution is 2.49. The minimum atomic E-state index is -0.969. The van der Waals surface area contributed by atoms with E-state index < -0.39 is 18.2 Å². The summed E-state index contributed by atoms with van der Waals surface area (Å²) in [6.07, 6.45) is 4.69. The molecule has 27 heavy (non-hydrogen) atoms. The Morgan fingerprint density at radius 1 is 1.37 bits per heavy atom. The lowest BCUT2D eigenvalue weighted by Gasteiger charge is -2.16. The first-order chi connectivity index (χ1) is 12.9. The molecule has 3 N–H and O–H groups in total. The number of carboxylic acids is 1. The van der Waals surface area contributed by atoms with Crippen LogP contribution in [0.4, 0.5) is 0 Å². The van der Waals surface area contributed by atoms with Crippen LogP contribution >= 0.6 is 0 Å². The van der Waals surface area contributed by atoms with Crippen LogP contribution in [0.5, 0.6) is 0 Å². The molecule has 0 heterocycles. The van der Waals surface area contributed by atoms with Gasteiger partial charge in [-0.25, -0.2) is 4.79 Å². The van der Waals surface area contributed by atoms with Crippen molar-refractivity contribution in [1.29, 1.82) is 0 Å². The van der Waals surface area contributed by atoms with E-state index in [1.807, 2.05) is 19.9 Å². The molecule has 0 aliphatic heterocycles. The second-order valence-corrected chi connectivity index (χ2v) is 7.55. The second kappa shape index (κ2) is 10.5. The molecule has 0 radical (unpaired) electrons. The fraction of sp³-hybridized carbons (Fsp3) is 0.682. The lowest BCUT2D eigenvalue weighted by Crippen LogP contribution is -2.19. The number of rotatable bonds is 6. The Balaban J connectivity index is 1.91. The summed E-state index contributed by atoms with van der Waals surface area (Å²) in [7, 11) is 0. The number of carbonyl (C=O) groups is 1. The number of fused-ring (bicyclic) bond motifs is 1. The maximum absolute atomic E-state index is 10.5. The number of aliphatic hydroxyl groups is 2. The van der Waals surface area contributed by atoms with Gasteiger partial charge < -0.3 is 20.1 Å². The van der Waals surface area contributed by atoms with Crippen LogP contribution in [0.25, 0.3) is 0 Å². The summed E-state index contributed by atoms with van der Waals surface area (Å²) in [5, 5.41) is 29.2. The number of aliphatic hydroxyl groups excluding tert-OH is 2. The summed E-state index contributed by atoms with van der Waals surface area (Å²) in [5.74, 6) is 11.7. The Hall–Kier alpha value is -1.79. The van der Waals surface area contributed by atoms with Crippen LogP contribution in [0.1, 0.15) is 46.0 Å². The van der Waals surface area contributed by atoms with Crippen LogP contribution in [-0.4, -0.2) is 46.7 Å². The van der Waals surface area contributed by atoms with Crippen LogP contribution in [-0.2, 0) is 9.53 Å². The number of aliphatic carboxylic acids is 1. The average Bonchev–Trinajstić information content (AvgIpc) is 3.13. The van der Waals surface area contributed by atoms with Crippen molar-refractivity contribution < 1.29 is 24.9 Å². The quantitative estimate of drug-likeness (QED) is 0.377. The molecular formula is C22H30O5. The predicted molar refractivity (Wildman–Crippen MR) is 102 cm³/mol. The van der Waals surface area contributed by atoms with Crippen molar-refractivity contribution in [2.24, 2.45) is 23.7 Å². The van der Waals surface area contributed by atoms with E-state index in [9.17, 15) is 15.0 Å². The molecule has 2 saturated carbocycles. The van der Waals surface area contributed by atoms with Gasteiger partial charge in [0.2, 0.25) is 0 Å². The minimum absolute atomic E-state index is 0.0173. The third-order valence-corrected chi connectivity index (χ3v) is 5.43. The predicted octanol–water partition coefficient (Wildman–Crippen LogP) is 2.22. The first kappa shape index (κ1) is 21.5. The van der Waals surface area contributed by atoms with E-state index in [0.717, 1.165) is 25.7 Å². The zero-order chi connectivity index (χ0) is 19.8. The van der Waals surface area contributed by atoms with Crippen LogP contribution in [0.15, 0.2) is 11.6 Å². The van der Waals surface area contributed by atoms with Gasteiger partial charge in [0.15, 0.2) is 0 Å². The van der Waals surface area contributed by atoms with Gasteiger partial charge in [-0.3, -0.25) is 0 Å². The number of hydrogen-bond donors (Lipinski definition) is 3. The van der Waals surface area contributed by atoms with Crippen LogP contribution in [0.2, 0.25) is 0 Å². The first-order valence-electron chi connectivity index (χ1n) is 9.72. The monoisotopic (exact) mass is 374 g/mol. The van der Waals surface area contributed by atoms with Gasteiger partial charge in [-0.05, 0) is 31.1 Å². The van der Waals surface area contributed by atoms with E-state index in [4.69, 9.17) is 9.84 Å². The van der Waals surface area contributed by atoms with Gasteiger partial charge in [0, 0.05) is 24.7 Å². The molecule has 0 spiro atoms. The Morgan fingerprint density at radius 2 is 2.15 bits per heavy atom. The van der Waals surface area contributed by atoms with E-state index in [2.05, 4.69) is 23.7 Å². The number of hydrogen-bond acceptors (Lipinski definition) is 4. The van der Waals surface area contributed by atoms with E-state index in [0.29, 0.717) is 24.9 Å². The molecule has 5 heteroatoms. The maximum atomic E-state index is 10.5. The van der Waals surface area contributed by atoms with Gasteiger partial charge in [-0.2, -0.15) is 0 Å². The number of allylic oxidation sites excluding steroid dienone is 1. The lowest BCUT2D eigenvalue weighted by molar-refractivity contribution is -0.141. The maximum Gasteiger partial charge on any atom is 0.329 e. The Kier molecular flexibility index (Phi) is 8.38. The van der Waals surface area contributed by atoms with E-state index in [1.165, 1.54) is 5.57 Å². The Bertz CT molecular complexity index is 660. The van der Waals surface area contributed by atoms with Gasteiger partial charge in [-0.15, -0.1) is 11.8 Å². The smallest absolute Gasteiger partial charge is 0.329 e. The summed E-state index contributed by atoms with van der Waals surface area (Å²) >= 11 is 0. The van der Waals surface area contributed by atoms with Crippen molar-refractivity contribution >= 4 is 5.97 Å². The molecule has 0 saturated heterocycles. The molecule has 0 aromatic heterocycles. The third-order valence-electron chi connectivity index (χ3n) is 5.43. The van der Waals surface area contributed by atoms with Gasteiger partial charge in [0.1, 0.15) is 12.7 Å². The number of ether oxygens (including phenoxy) is 1. The molecule has 2 fully saturated rings. The molecular weight excluding hydrogens is 344 g/mol. The van der Waals surface area contributed by atoms with E-state index in [1.54, 1.807) is 0 Å². The highest BCUT2D eigenvalue weighted by atomic mass is 16.5. The topological polar surface area (TPSA) is 87.0 Å². The molecule has 0 unspecified atom stereocenters. The molecule has 148 valence electrons. The summed E-state index contributed by atoms with van der Waals surface area (Å²) in [6, 6.07) is 0. The second-order valence-electron chi connectivity index (χ2n) is 7.55. The van der Waals surface area contributed by atoms with Gasteiger partial charge in [0.25, 0.3) is 0 Å². The SMILES string of the molecule is CCC#CC[C@@H](C)[C@@H](O)C#C[C@H]1[C@@H]2C/C(=C/COCC(=O)O)C[C@@H]2C[C@@H]1O. The molecule has 2 rings (SSSR count). The van der Waals surface area contributed by atoms with Gasteiger partial charge in [-0.1, -0.05) is 37.3 Å². The van der Waals surface area contributed by atoms with Crippen molar-refractivity contribution in [3.05, 3.63) is 11.6 Å². The lowest BCUT2D eigenvalue weighted by atomic mass is 9.91. The van der Waals surface area contributed by atoms with Gasteiger partial charge >= 0.3 is 5.97 Å². The standard InChI is InChI=1S/C22H30O5/c1-3-4-5-6-15(2)20(23)8-7-18-19-12-16(9-10-27-14-22(25)26)11-17(19)13-21(18)24/h9,15,17-21,23-24H,3,6,10-14H2,1-2H3,(H,25,26)/b16-9+/t15-,17-,18+,19-,20+,21+/m1/s1. The molecule has 0 aromatic carbocycles. The fourth-order valence-corrected chi connectivity index (χ4v) is 3.95. The number of carboxylic acid groups (broad SMARTS) is 1. The van der Waals surface area contributed by atoms with Crippen molar-refractivity contribution in [3.8, 4) is 23.7 Å². The third kappa shape index (κ3) is 6.40. The zero-order valence-corrected chi connectivity index (χ0v) is 16.1. The zero-order valence-electron chi connectivity index (χ0n) is 16.1. The Morgan fingerprint density at radius 3 is 2.85 bits per heavy atom. The van der Waals surface area contributed by atoms with E-state index in [-0.39, 0.29) is 18.4 Å². The van der Waals surface area contributed by atoms with Crippen molar-refractivity contribution in [3.63, 3.8) is 0 Å². The van der Waals surface area contributed by atoms with Crippen molar-refractivity contribution in [2.75, 3.05) is 13.2 Å². The summed E-state index contributed by atoms with van der Waals surface area (Å²) in [5.41, 5.74) is 1.25. The highest BCUT2D eigenvalue weighted by molar-refractivity contribution is 5.68. The van der Waals surface area contributed by atoms with Crippen LogP contribution in [0, 0.1) is 47.4 Å². The molecule has 5 nitrogen and oxygen atoms in total. The summed E-state index contributed by atoms with van der Waals surface area (Å²) in [6.45, 7) is 3.94. The summed E-state index contributed by atoms with van der Waals surface area (Å²) in [4.78, 5) is 10.5.